The summed E-state index contributed by atoms with van der Waals surface area (Å²) in [6.07, 6.45) is 0. The monoisotopic (exact) mass is 210 g/mol. The summed E-state index contributed by atoms with van der Waals surface area (Å²) in [7, 11) is 0. The number of rotatable bonds is 1. The minimum Gasteiger partial charge on any atom is -0.121 e. The van der Waals surface area contributed by atoms with E-state index in [2.05, 4.69) is 0 Å². The molecule has 0 bridgehead atoms. The van der Waals surface area contributed by atoms with Crippen molar-refractivity contribution in [2.24, 2.45) is 0 Å². The fourth-order valence-electron chi connectivity index (χ4n) is 1.38. The van der Waals surface area contributed by atoms with Crippen molar-refractivity contribution in [3.8, 4) is 0 Å². The van der Waals surface area contributed by atoms with E-state index in [1.807, 2.05) is 36.4 Å². The van der Waals surface area contributed by atoms with E-state index in [9.17, 15) is 0 Å². The molecule has 2 aromatic rings. The van der Waals surface area contributed by atoms with Crippen LogP contribution in [0.15, 0.2) is 36.4 Å². The first kappa shape index (κ1) is 8.86. The zero-order valence-electron chi connectivity index (χ0n) is 6.93. The highest BCUT2D eigenvalue weighted by atomic mass is 35.5. The SMILES string of the molecule is ClCc1ccc2ccccc2c1Cl. The van der Waals surface area contributed by atoms with Gasteiger partial charge in [0.05, 0.1) is 5.02 Å². The first-order valence-corrected chi connectivity index (χ1v) is 4.96. The quantitative estimate of drug-likeness (QED) is 0.619. The molecule has 0 amide bonds. The van der Waals surface area contributed by atoms with E-state index in [1.54, 1.807) is 0 Å². The molecule has 0 aromatic heterocycles. The molecule has 2 aromatic carbocycles. The second-order valence-electron chi connectivity index (χ2n) is 2.89. The first-order chi connectivity index (χ1) is 6.33. The van der Waals surface area contributed by atoms with Crippen LogP contribution < -0.4 is 0 Å². The van der Waals surface area contributed by atoms with Crippen LogP contribution in [0.2, 0.25) is 5.02 Å². The van der Waals surface area contributed by atoms with Crippen LogP contribution in [0, 0.1) is 0 Å². The lowest BCUT2D eigenvalue weighted by atomic mass is 10.1. The molecule has 0 aliphatic heterocycles. The standard InChI is InChI=1S/C11H8Cl2/c12-7-9-6-5-8-3-1-2-4-10(8)11(9)13/h1-6H,7H2. The molecule has 0 radical (unpaired) electrons. The molecular weight excluding hydrogens is 203 g/mol. The molecule has 0 saturated heterocycles. The van der Waals surface area contributed by atoms with E-state index in [-0.39, 0.29) is 0 Å². The molecule has 0 saturated carbocycles. The maximum Gasteiger partial charge on any atom is 0.0528 e. The van der Waals surface area contributed by atoms with Gasteiger partial charge in [0, 0.05) is 11.3 Å². The van der Waals surface area contributed by atoms with Gasteiger partial charge in [-0.2, -0.15) is 0 Å². The summed E-state index contributed by atoms with van der Waals surface area (Å²) in [6, 6.07) is 12.0. The molecule has 0 spiro atoms. The van der Waals surface area contributed by atoms with Gasteiger partial charge in [0.15, 0.2) is 0 Å². The summed E-state index contributed by atoms with van der Waals surface area (Å²) in [5.41, 5.74) is 0.988. The molecule has 0 aliphatic carbocycles. The lowest BCUT2D eigenvalue weighted by molar-refractivity contribution is 1.43. The molecule has 66 valence electrons. The van der Waals surface area contributed by atoms with Crippen LogP contribution in [0.4, 0.5) is 0 Å². The Hall–Kier alpha value is -0.720. The van der Waals surface area contributed by atoms with Gasteiger partial charge in [-0.25, -0.2) is 0 Å². The van der Waals surface area contributed by atoms with Gasteiger partial charge in [-0.15, -0.1) is 11.6 Å². The molecule has 0 N–H and O–H groups in total. The fourth-order valence-corrected chi connectivity index (χ4v) is 1.97. The van der Waals surface area contributed by atoms with Gasteiger partial charge < -0.3 is 0 Å². The number of alkyl halides is 1. The number of fused-ring (bicyclic) bond motifs is 1. The molecule has 13 heavy (non-hydrogen) atoms. The van der Waals surface area contributed by atoms with Crippen LogP contribution in [-0.4, -0.2) is 0 Å². The van der Waals surface area contributed by atoms with Crippen molar-refractivity contribution in [3.05, 3.63) is 47.0 Å². The topological polar surface area (TPSA) is 0 Å². The fraction of sp³-hybridized carbons (Fsp3) is 0.0909. The molecule has 0 atom stereocenters. The summed E-state index contributed by atoms with van der Waals surface area (Å²) in [5, 5.41) is 3.00. The number of halogens is 2. The van der Waals surface area contributed by atoms with Gasteiger partial charge in [0.2, 0.25) is 0 Å². The Morgan fingerprint density at radius 1 is 1.00 bits per heavy atom. The van der Waals surface area contributed by atoms with E-state index in [1.165, 1.54) is 0 Å². The van der Waals surface area contributed by atoms with Gasteiger partial charge in [-0.05, 0) is 10.9 Å². The largest absolute Gasteiger partial charge is 0.121 e. The highest BCUT2D eigenvalue weighted by Crippen LogP contribution is 2.27. The van der Waals surface area contributed by atoms with E-state index in [0.717, 1.165) is 21.4 Å². The number of hydrogen-bond donors (Lipinski definition) is 0. The van der Waals surface area contributed by atoms with Gasteiger partial charge in [-0.3, -0.25) is 0 Å². The van der Waals surface area contributed by atoms with E-state index < -0.39 is 0 Å². The molecule has 2 heteroatoms. The van der Waals surface area contributed by atoms with Crippen molar-refractivity contribution >= 4 is 34.0 Å². The second kappa shape index (κ2) is 3.57. The minimum absolute atomic E-state index is 0.462. The summed E-state index contributed by atoms with van der Waals surface area (Å²) in [5.74, 6) is 0.462. The van der Waals surface area contributed by atoms with Crippen LogP contribution in [0.1, 0.15) is 5.56 Å². The maximum atomic E-state index is 6.16. The predicted molar refractivity (Wildman–Crippen MR) is 58.5 cm³/mol. The van der Waals surface area contributed by atoms with Crippen LogP contribution in [-0.2, 0) is 5.88 Å². The minimum atomic E-state index is 0.462. The molecule has 2 rings (SSSR count). The number of benzene rings is 2. The molecular formula is C11H8Cl2. The molecule has 0 heterocycles. The summed E-state index contributed by atoms with van der Waals surface area (Å²) >= 11 is 11.9. The summed E-state index contributed by atoms with van der Waals surface area (Å²) in [6.45, 7) is 0. The molecule has 0 unspecified atom stereocenters. The Bertz CT molecular complexity index is 435. The van der Waals surface area contributed by atoms with Crippen molar-refractivity contribution in [1.29, 1.82) is 0 Å². The highest BCUT2D eigenvalue weighted by Gasteiger charge is 2.02. The zero-order chi connectivity index (χ0) is 9.26. The van der Waals surface area contributed by atoms with Crippen LogP contribution in [0.3, 0.4) is 0 Å². The third-order valence-electron chi connectivity index (χ3n) is 2.09. The Kier molecular flexibility index (Phi) is 2.43. The Balaban J connectivity index is 2.79. The first-order valence-electron chi connectivity index (χ1n) is 4.05. The van der Waals surface area contributed by atoms with Crippen molar-refractivity contribution in [1.82, 2.24) is 0 Å². The van der Waals surface area contributed by atoms with E-state index >= 15 is 0 Å². The van der Waals surface area contributed by atoms with Crippen molar-refractivity contribution in [2.45, 2.75) is 5.88 Å². The summed E-state index contributed by atoms with van der Waals surface area (Å²) < 4.78 is 0. The van der Waals surface area contributed by atoms with Gasteiger partial charge in [-0.1, -0.05) is 48.0 Å². The highest BCUT2D eigenvalue weighted by molar-refractivity contribution is 6.37. The zero-order valence-corrected chi connectivity index (χ0v) is 8.44. The molecule has 0 nitrogen and oxygen atoms in total. The molecule has 0 aliphatic rings. The van der Waals surface area contributed by atoms with Crippen molar-refractivity contribution in [2.75, 3.05) is 0 Å². The summed E-state index contributed by atoms with van der Waals surface area (Å²) in [4.78, 5) is 0. The van der Waals surface area contributed by atoms with Crippen LogP contribution in [0.25, 0.3) is 10.8 Å². The Morgan fingerprint density at radius 2 is 1.77 bits per heavy atom. The molecule has 0 fully saturated rings. The van der Waals surface area contributed by atoms with E-state index in [4.69, 9.17) is 23.2 Å². The third-order valence-corrected chi connectivity index (χ3v) is 2.82. The average Bonchev–Trinajstić information content (AvgIpc) is 2.19. The lowest BCUT2D eigenvalue weighted by Crippen LogP contribution is -1.81. The lowest BCUT2D eigenvalue weighted by Gasteiger charge is -2.03. The average molecular weight is 211 g/mol. The van der Waals surface area contributed by atoms with E-state index in [0.29, 0.717) is 5.88 Å². The smallest absolute Gasteiger partial charge is 0.0528 e. The van der Waals surface area contributed by atoms with Crippen LogP contribution >= 0.6 is 23.2 Å². The predicted octanol–water partition coefficient (Wildman–Crippen LogP) is 4.23. The van der Waals surface area contributed by atoms with Crippen LogP contribution in [0.5, 0.6) is 0 Å². The van der Waals surface area contributed by atoms with Crippen molar-refractivity contribution in [3.63, 3.8) is 0 Å². The maximum absolute atomic E-state index is 6.16. The third kappa shape index (κ3) is 1.52. The second-order valence-corrected chi connectivity index (χ2v) is 3.54. The van der Waals surface area contributed by atoms with Gasteiger partial charge in [0.1, 0.15) is 0 Å². The van der Waals surface area contributed by atoms with Gasteiger partial charge in [0.25, 0.3) is 0 Å². The van der Waals surface area contributed by atoms with Gasteiger partial charge >= 0.3 is 0 Å². The van der Waals surface area contributed by atoms with Crippen molar-refractivity contribution < 1.29 is 0 Å². The Labute approximate surface area is 87.1 Å². The Morgan fingerprint density at radius 3 is 2.54 bits per heavy atom. The normalized spacial score (nSPS) is 10.6. The number of hydrogen-bond acceptors (Lipinski definition) is 0.